The summed E-state index contributed by atoms with van der Waals surface area (Å²) in [6.07, 6.45) is 0. The summed E-state index contributed by atoms with van der Waals surface area (Å²) in [5.74, 6) is -0.168. The maximum atomic E-state index is 13.6. The summed E-state index contributed by atoms with van der Waals surface area (Å²) in [5.41, 5.74) is 1.92. The molecule has 2 rings (SSSR count). The van der Waals surface area contributed by atoms with Gasteiger partial charge >= 0.3 is 0 Å². The van der Waals surface area contributed by atoms with E-state index >= 15 is 0 Å². The molecular weight excluding hydrogens is 301 g/mol. The summed E-state index contributed by atoms with van der Waals surface area (Å²) >= 11 is 5.03. The molecule has 1 atom stereocenters. The second-order valence-electron chi connectivity index (χ2n) is 3.90. The first-order valence-corrected chi connectivity index (χ1v) is 7.10. The highest BCUT2D eigenvalue weighted by molar-refractivity contribution is 9.10. The zero-order chi connectivity index (χ0) is 12.3. The maximum Gasteiger partial charge on any atom is 0.128 e. The van der Waals surface area contributed by atoms with E-state index in [9.17, 15) is 4.39 Å². The first-order chi connectivity index (χ1) is 8.16. The molecule has 0 saturated heterocycles. The van der Waals surface area contributed by atoms with E-state index in [2.05, 4.69) is 32.7 Å². The molecule has 1 unspecified atom stereocenters. The minimum absolute atomic E-state index is 0.00704. The largest absolute Gasteiger partial charge is 0.306 e. The Morgan fingerprint density at radius 1 is 1.41 bits per heavy atom. The molecular formula is C13H13BrFNS. The number of rotatable bonds is 4. The summed E-state index contributed by atoms with van der Waals surface area (Å²) < 4.78 is 14.5. The van der Waals surface area contributed by atoms with Crippen LogP contribution in [-0.2, 0) is 6.54 Å². The van der Waals surface area contributed by atoms with Crippen molar-refractivity contribution in [1.29, 1.82) is 0 Å². The zero-order valence-electron chi connectivity index (χ0n) is 9.41. The predicted octanol–water partition coefficient (Wildman–Crippen LogP) is 4.50. The quantitative estimate of drug-likeness (QED) is 0.876. The van der Waals surface area contributed by atoms with Crippen molar-refractivity contribution >= 4 is 27.3 Å². The van der Waals surface area contributed by atoms with Gasteiger partial charge in [0.05, 0.1) is 0 Å². The SMILES string of the molecule is CC(NCc1ccsc1)c1cc(Br)ccc1F. The summed E-state index contributed by atoms with van der Waals surface area (Å²) in [7, 11) is 0. The van der Waals surface area contributed by atoms with Gasteiger partial charge in [-0.3, -0.25) is 0 Å². The summed E-state index contributed by atoms with van der Waals surface area (Å²) in [4.78, 5) is 0. The Labute approximate surface area is 113 Å². The molecule has 1 heterocycles. The van der Waals surface area contributed by atoms with E-state index in [1.165, 1.54) is 11.6 Å². The Kier molecular flexibility index (Phi) is 4.31. The van der Waals surface area contributed by atoms with E-state index < -0.39 is 0 Å². The van der Waals surface area contributed by atoms with E-state index in [1.807, 2.05) is 18.4 Å². The van der Waals surface area contributed by atoms with Crippen LogP contribution in [0.3, 0.4) is 0 Å². The molecule has 1 nitrogen and oxygen atoms in total. The lowest BCUT2D eigenvalue weighted by molar-refractivity contribution is 0.528. The van der Waals surface area contributed by atoms with Gasteiger partial charge in [-0.25, -0.2) is 4.39 Å². The monoisotopic (exact) mass is 313 g/mol. The highest BCUT2D eigenvalue weighted by atomic mass is 79.9. The first kappa shape index (κ1) is 12.7. The fourth-order valence-electron chi connectivity index (χ4n) is 1.62. The van der Waals surface area contributed by atoms with Gasteiger partial charge in [-0.1, -0.05) is 15.9 Å². The maximum absolute atomic E-state index is 13.6. The van der Waals surface area contributed by atoms with Crippen molar-refractivity contribution in [1.82, 2.24) is 5.32 Å². The van der Waals surface area contributed by atoms with Crippen molar-refractivity contribution in [3.63, 3.8) is 0 Å². The van der Waals surface area contributed by atoms with Crippen molar-refractivity contribution in [3.8, 4) is 0 Å². The lowest BCUT2D eigenvalue weighted by Crippen LogP contribution is -2.18. The van der Waals surface area contributed by atoms with E-state index in [-0.39, 0.29) is 11.9 Å². The summed E-state index contributed by atoms with van der Waals surface area (Å²) in [6, 6.07) is 7.09. The predicted molar refractivity (Wildman–Crippen MR) is 73.7 cm³/mol. The Morgan fingerprint density at radius 3 is 2.94 bits per heavy atom. The van der Waals surface area contributed by atoms with Crippen molar-refractivity contribution in [3.05, 3.63) is 56.4 Å². The van der Waals surface area contributed by atoms with Crippen LogP contribution in [0.1, 0.15) is 24.1 Å². The molecule has 1 aromatic heterocycles. The van der Waals surface area contributed by atoms with Crippen LogP contribution in [0, 0.1) is 5.82 Å². The van der Waals surface area contributed by atoms with Crippen LogP contribution in [0.15, 0.2) is 39.5 Å². The standard InChI is InChI=1S/C13H13BrFNS/c1-9(16-7-10-4-5-17-8-10)12-6-11(14)2-3-13(12)15/h2-6,8-9,16H,7H2,1H3. The van der Waals surface area contributed by atoms with Crippen molar-refractivity contribution in [2.45, 2.75) is 19.5 Å². The van der Waals surface area contributed by atoms with Crippen molar-refractivity contribution < 1.29 is 4.39 Å². The summed E-state index contributed by atoms with van der Waals surface area (Å²) in [5, 5.41) is 7.45. The topological polar surface area (TPSA) is 12.0 Å². The fraction of sp³-hybridized carbons (Fsp3) is 0.231. The molecule has 0 saturated carbocycles. The van der Waals surface area contributed by atoms with Gasteiger partial charge in [0, 0.05) is 22.6 Å². The number of hydrogen-bond acceptors (Lipinski definition) is 2. The third-order valence-corrected chi connectivity index (χ3v) is 3.84. The average molecular weight is 314 g/mol. The third-order valence-electron chi connectivity index (χ3n) is 2.62. The van der Waals surface area contributed by atoms with E-state index in [1.54, 1.807) is 17.4 Å². The molecule has 0 aliphatic rings. The van der Waals surface area contributed by atoms with E-state index in [4.69, 9.17) is 0 Å². The Hall–Kier alpha value is -0.710. The molecule has 1 aromatic carbocycles. The number of halogens is 2. The van der Waals surface area contributed by atoms with Crippen LogP contribution in [0.2, 0.25) is 0 Å². The fourth-order valence-corrected chi connectivity index (χ4v) is 2.67. The molecule has 0 amide bonds. The molecule has 0 fully saturated rings. The number of nitrogens with one attached hydrogen (secondary N) is 1. The zero-order valence-corrected chi connectivity index (χ0v) is 11.8. The Balaban J connectivity index is 2.04. The lowest BCUT2D eigenvalue weighted by atomic mass is 10.1. The van der Waals surface area contributed by atoms with Gasteiger partial charge in [-0.2, -0.15) is 11.3 Å². The van der Waals surface area contributed by atoms with Crippen LogP contribution in [0.4, 0.5) is 4.39 Å². The summed E-state index contributed by atoms with van der Waals surface area (Å²) in [6.45, 7) is 2.73. The molecule has 0 radical (unpaired) electrons. The van der Waals surface area contributed by atoms with Crippen LogP contribution >= 0.6 is 27.3 Å². The second kappa shape index (κ2) is 5.76. The Bertz CT molecular complexity index is 484. The lowest BCUT2D eigenvalue weighted by Gasteiger charge is -2.15. The van der Waals surface area contributed by atoms with Gasteiger partial charge in [0.25, 0.3) is 0 Å². The van der Waals surface area contributed by atoms with Gasteiger partial charge in [-0.15, -0.1) is 0 Å². The smallest absolute Gasteiger partial charge is 0.128 e. The van der Waals surface area contributed by atoms with E-state index in [0.717, 1.165) is 11.0 Å². The molecule has 2 aromatic rings. The highest BCUT2D eigenvalue weighted by Gasteiger charge is 2.10. The minimum atomic E-state index is -0.168. The Morgan fingerprint density at radius 2 is 2.24 bits per heavy atom. The number of thiophene rings is 1. The molecule has 0 aliphatic carbocycles. The van der Waals surface area contributed by atoms with Crippen LogP contribution in [-0.4, -0.2) is 0 Å². The minimum Gasteiger partial charge on any atom is -0.306 e. The highest BCUT2D eigenvalue weighted by Crippen LogP contribution is 2.22. The third kappa shape index (κ3) is 3.37. The molecule has 1 N–H and O–H groups in total. The van der Waals surface area contributed by atoms with Crippen LogP contribution in [0.5, 0.6) is 0 Å². The molecule has 90 valence electrons. The normalized spacial score (nSPS) is 12.6. The molecule has 17 heavy (non-hydrogen) atoms. The van der Waals surface area contributed by atoms with Gasteiger partial charge in [-0.05, 0) is 47.5 Å². The first-order valence-electron chi connectivity index (χ1n) is 5.36. The van der Waals surface area contributed by atoms with Gasteiger partial charge in [0.15, 0.2) is 0 Å². The van der Waals surface area contributed by atoms with Crippen molar-refractivity contribution in [2.24, 2.45) is 0 Å². The van der Waals surface area contributed by atoms with Gasteiger partial charge < -0.3 is 5.32 Å². The van der Waals surface area contributed by atoms with E-state index in [0.29, 0.717) is 5.56 Å². The number of hydrogen-bond donors (Lipinski definition) is 1. The molecule has 0 spiro atoms. The van der Waals surface area contributed by atoms with Gasteiger partial charge in [0.1, 0.15) is 5.82 Å². The molecule has 0 aliphatic heterocycles. The van der Waals surface area contributed by atoms with Crippen LogP contribution < -0.4 is 5.32 Å². The van der Waals surface area contributed by atoms with Gasteiger partial charge in [0.2, 0.25) is 0 Å². The second-order valence-corrected chi connectivity index (χ2v) is 5.60. The number of benzene rings is 1. The van der Waals surface area contributed by atoms with Crippen LogP contribution in [0.25, 0.3) is 0 Å². The molecule has 0 bridgehead atoms. The average Bonchev–Trinajstić information content (AvgIpc) is 2.82. The molecule has 4 heteroatoms. The van der Waals surface area contributed by atoms with Crippen molar-refractivity contribution in [2.75, 3.05) is 0 Å².